The molecule has 0 N–H and O–H groups in total. The molecule has 0 aliphatic carbocycles. The molecule has 1 amide bonds. The fourth-order valence-electron chi connectivity index (χ4n) is 4.75. The molecule has 0 spiro atoms. The highest BCUT2D eigenvalue weighted by Crippen LogP contribution is 2.39. The van der Waals surface area contributed by atoms with Crippen LogP contribution in [-0.2, 0) is 13.0 Å². The maximum absolute atomic E-state index is 13.4. The minimum Gasteiger partial charge on any atom is -0.490 e. The van der Waals surface area contributed by atoms with Crippen LogP contribution in [0.3, 0.4) is 0 Å². The number of carbonyl (C=O) groups excluding carboxylic acids is 1. The van der Waals surface area contributed by atoms with Gasteiger partial charge in [-0.25, -0.2) is 0 Å². The summed E-state index contributed by atoms with van der Waals surface area (Å²) in [7, 11) is 0. The van der Waals surface area contributed by atoms with E-state index in [0.717, 1.165) is 39.0 Å². The van der Waals surface area contributed by atoms with Gasteiger partial charge in [-0.2, -0.15) is 0 Å². The lowest BCUT2D eigenvalue weighted by molar-refractivity contribution is 0.0772. The van der Waals surface area contributed by atoms with Gasteiger partial charge < -0.3 is 19.1 Å². The van der Waals surface area contributed by atoms with Gasteiger partial charge in [0.2, 0.25) is 5.75 Å². The molecular weight excluding hydrogens is 404 g/mol. The minimum atomic E-state index is 0.0230. The van der Waals surface area contributed by atoms with Crippen molar-refractivity contribution in [2.75, 3.05) is 39.5 Å². The molecule has 1 atom stereocenters. The van der Waals surface area contributed by atoms with Crippen molar-refractivity contribution in [3.8, 4) is 17.2 Å². The average Bonchev–Trinajstić information content (AvgIpc) is 3.31. The van der Waals surface area contributed by atoms with E-state index in [1.165, 1.54) is 11.1 Å². The first-order chi connectivity index (χ1) is 15.6. The van der Waals surface area contributed by atoms with Crippen molar-refractivity contribution in [2.24, 2.45) is 0 Å². The van der Waals surface area contributed by atoms with E-state index in [2.05, 4.69) is 29.2 Å². The number of rotatable bonds is 8. The lowest BCUT2D eigenvalue weighted by Crippen LogP contribution is -2.41. The molecule has 1 fully saturated rings. The van der Waals surface area contributed by atoms with Gasteiger partial charge in [-0.15, -0.1) is 0 Å². The van der Waals surface area contributed by atoms with Crippen molar-refractivity contribution in [3.05, 3.63) is 53.1 Å². The molecule has 0 radical (unpaired) electrons. The molecule has 0 bridgehead atoms. The first-order valence-electron chi connectivity index (χ1n) is 11.8. The van der Waals surface area contributed by atoms with Gasteiger partial charge in [-0.1, -0.05) is 24.3 Å². The summed E-state index contributed by atoms with van der Waals surface area (Å²) in [5, 5.41) is 0. The Labute approximate surface area is 191 Å². The average molecular weight is 439 g/mol. The number of nitrogens with zero attached hydrogens (tertiary/aromatic N) is 2. The molecule has 4 rings (SSSR count). The van der Waals surface area contributed by atoms with E-state index >= 15 is 0 Å². The quantitative estimate of drug-likeness (QED) is 0.620. The number of hydrogen-bond acceptors (Lipinski definition) is 5. The van der Waals surface area contributed by atoms with Crippen molar-refractivity contribution >= 4 is 5.91 Å². The first-order valence-corrected chi connectivity index (χ1v) is 11.8. The Balaban J connectivity index is 1.50. The second kappa shape index (κ2) is 10.3. The summed E-state index contributed by atoms with van der Waals surface area (Å²) in [5.41, 5.74) is 3.46. The summed E-state index contributed by atoms with van der Waals surface area (Å²) < 4.78 is 17.4. The van der Waals surface area contributed by atoms with Crippen LogP contribution in [0.1, 0.15) is 48.7 Å². The minimum absolute atomic E-state index is 0.0230. The number of amides is 1. The number of carbonyl (C=O) groups is 1. The zero-order chi connectivity index (χ0) is 22.5. The second-order valence-electron chi connectivity index (χ2n) is 8.28. The highest BCUT2D eigenvalue weighted by Gasteiger charge is 2.33. The van der Waals surface area contributed by atoms with Crippen molar-refractivity contribution in [2.45, 2.75) is 46.2 Å². The highest BCUT2D eigenvalue weighted by atomic mass is 16.5. The Kier molecular flexibility index (Phi) is 7.20. The van der Waals surface area contributed by atoms with E-state index in [1.54, 1.807) is 12.1 Å². The SMILES string of the molecule is CCOc1cc(C(=O)N2CCC(N3CCc4ccccc4C3)C2)cc(OCC)c1OCC. The predicted octanol–water partition coefficient (Wildman–Crippen LogP) is 4.16. The largest absolute Gasteiger partial charge is 0.490 e. The summed E-state index contributed by atoms with van der Waals surface area (Å²) in [5.74, 6) is 1.72. The molecule has 172 valence electrons. The van der Waals surface area contributed by atoms with Gasteiger partial charge >= 0.3 is 0 Å². The number of likely N-dealkylation sites (tertiary alicyclic amines) is 1. The van der Waals surface area contributed by atoms with Crippen LogP contribution in [0.15, 0.2) is 36.4 Å². The van der Waals surface area contributed by atoms with Crippen LogP contribution in [0, 0.1) is 0 Å². The predicted molar refractivity (Wildman–Crippen MR) is 125 cm³/mol. The highest BCUT2D eigenvalue weighted by molar-refractivity contribution is 5.96. The lowest BCUT2D eigenvalue weighted by atomic mass is 9.98. The van der Waals surface area contributed by atoms with Crippen LogP contribution in [0.25, 0.3) is 0 Å². The number of hydrogen-bond donors (Lipinski definition) is 0. The van der Waals surface area contributed by atoms with Crippen molar-refractivity contribution < 1.29 is 19.0 Å². The number of benzene rings is 2. The third-order valence-electron chi connectivity index (χ3n) is 6.28. The van der Waals surface area contributed by atoms with Gasteiger partial charge in [0.1, 0.15) is 0 Å². The molecule has 0 aromatic heterocycles. The molecule has 0 saturated carbocycles. The summed E-state index contributed by atoms with van der Waals surface area (Å²) in [6.45, 7) is 10.8. The molecule has 2 aliphatic heterocycles. The summed E-state index contributed by atoms with van der Waals surface area (Å²) in [6, 6.07) is 12.7. The van der Waals surface area contributed by atoms with E-state index in [-0.39, 0.29) is 5.91 Å². The smallest absolute Gasteiger partial charge is 0.254 e. The van der Waals surface area contributed by atoms with Gasteiger partial charge in [-0.05, 0) is 56.9 Å². The first kappa shape index (κ1) is 22.5. The Morgan fingerprint density at radius 3 is 2.25 bits per heavy atom. The van der Waals surface area contributed by atoms with E-state index in [4.69, 9.17) is 14.2 Å². The Morgan fingerprint density at radius 1 is 0.938 bits per heavy atom. The van der Waals surface area contributed by atoms with Crippen LogP contribution in [0.5, 0.6) is 17.2 Å². The van der Waals surface area contributed by atoms with Gasteiger partial charge in [-0.3, -0.25) is 9.69 Å². The third-order valence-corrected chi connectivity index (χ3v) is 6.28. The fourth-order valence-corrected chi connectivity index (χ4v) is 4.75. The van der Waals surface area contributed by atoms with Gasteiger partial charge in [0.15, 0.2) is 11.5 Å². The van der Waals surface area contributed by atoms with E-state index in [0.29, 0.717) is 48.7 Å². The van der Waals surface area contributed by atoms with Crippen molar-refractivity contribution in [1.29, 1.82) is 0 Å². The maximum Gasteiger partial charge on any atom is 0.254 e. The normalized spacial score (nSPS) is 18.3. The molecule has 2 aromatic carbocycles. The van der Waals surface area contributed by atoms with E-state index in [1.807, 2.05) is 25.7 Å². The molecule has 6 heteroatoms. The number of fused-ring (bicyclic) bond motifs is 1. The zero-order valence-electron chi connectivity index (χ0n) is 19.4. The summed E-state index contributed by atoms with van der Waals surface area (Å²) in [6.07, 6.45) is 2.08. The van der Waals surface area contributed by atoms with Gasteiger partial charge in [0.25, 0.3) is 5.91 Å². The van der Waals surface area contributed by atoms with Crippen LogP contribution in [0.4, 0.5) is 0 Å². The lowest BCUT2D eigenvalue weighted by Gasteiger charge is -2.33. The molecule has 1 saturated heterocycles. The molecule has 2 heterocycles. The summed E-state index contributed by atoms with van der Waals surface area (Å²) >= 11 is 0. The third kappa shape index (κ3) is 4.70. The van der Waals surface area contributed by atoms with E-state index < -0.39 is 0 Å². The Hall–Kier alpha value is -2.73. The van der Waals surface area contributed by atoms with Crippen molar-refractivity contribution in [1.82, 2.24) is 9.80 Å². The molecule has 6 nitrogen and oxygen atoms in total. The molecule has 1 unspecified atom stereocenters. The second-order valence-corrected chi connectivity index (χ2v) is 8.28. The van der Waals surface area contributed by atoms with Crippen LogP contribution in [-0.4, -0.2) is 61.2 Å². The fraction of sp³-hybridized carbons (Fsp3) is 0.500. The van der Waals surface area contributed by atoms with Crippen molar-refractivity contribution in [3.63, 3.8) is 0 Å². The zero-order valence-corrected chi connectivity index (χ0v) is 19.4. The topological polar surface area (TPSA) is 51.2 Å². The van der Waals surface area contributed by atoms with Gasteiger partial charge in [0.05, 0.1) is 19.8 Å². The Bertz CT molecular complexity index is 918. The van der Waals surface area contributed by atoms with Crippen LogP contribution < -0.4 is 14.2 Å². The molecule has 2 aromatic rings. The molecule has 2 aliphatic rings. The van der Waals surface area contributed by atoms with E-state index in [9.17, 15) is 4.79 Å². The van der Waals surface area contributed by atoms with Crippen LogP contribution >= 0.6 is 0 Å². The van der Waals surface area contributed by atoms with Crippen LogP contribution in [0.2, 0.25) is 0 Å². The number of ether oxygens (including phenoxy) is 3. The molecule has 32 heavy (non-hydrogen) atoms. The standard InChI is InChI=1S/C26H34N2O4/c1-4-30-23-15-21(16-24(31-5-2)25(23)32-6-3)26(29)28-14-12-22(18-28)27-13-11-19-9-7-8-10-20(19)17-27/h7-10,15-16,22H,4-6,11-14,17-18H2,1-3H3. The summed E-state index contributed by atoms with van der Waals surface area (Å²) in [4.78, 5) is 17.9. The monoisotopic (exact) mass is 438 g/mol. The van der Waals surface area contributed by atoms with Gasteiger partial charge in [0, 0.05) is 37.8 Å². The Morgan fingerprint density at radius 2 is 1.59 bits per heavy atom. The maximum atomic E-state index is 13.4. The molecular formula is C26H34N2O4.